The van der Waals surface area contributed by atoms with E-state index in [2.05, 4.69) is 158 Å². The molecule has 1 N–H and O–H groups in total. The second-order valence-corrected chi connectivity index (χ2v) is 17.7. The summed E-state index contributed by atoms with van der Waals surface area (Å²) in [5.74, 6) is 3.50. The zero-order chi connectivity index (χ0) is 36.3. The predicted molar refractivity (Wildman–Crippen MR) is 229 cm³/mol. The second-order valence-electron chi connectivity index (χ2n) is 17.7. The van der Waals surface area contributed by atoms with Gasteiger partial charge in [0.25, 0.3) is 0 Å². The fourth-order valence-electron chi connectivity index (χ4n) is 12.1. The third kappa shape index (κ3) is 4.86. The van der Waals surface area contributed by atoms with Crippen LogP contribution in [0.25, 0.3) is 49.3 Å². The molecule has 2 heterocycles. The Bertz CT molecular complexity index is 2780. The summed E-state index contributed by atoms with van der Waals surface area (Å²) in [6.45, 7) is 2.43. The van der Waals surface area contributed by atoms with Crippen molar-refractivity contribution in [3.63, 3.8) is 0 Å². The Kier molecular flexibility index (Phi) is 7.02. The molecule has 0 fully saturated rings. The number of hydrogen-bond donors (Lipinski definition) is 1. The van der Waals surface area contributed by atoms with Gasteiger partial charge in [-0.2, -0.15) is 0 Å². The third-order valence-electron chi connectivity index (χ3n) is 14.8. The van der Waals surface area contributed by atoms with Gasteiger partial charge in [-0.05, 0) is 109 Å². The van der Waals surface area contributed by atoms with Gasteiger partial charge in [0.15, 0.2) is 5.58 Å². The Morgan fingerprint density at radius 1 is 0.745 bits per heavy atom. The van der Waals surface area contributed by atoms with E-state index in [1.54, 1.807) is 11.1 Å². The first-order valence-corrected chi connectivity index (χ1v) is 20.9. The minimum Gasteiger partial charge on any atom is -0.454 e. The zero-order valence-electron chi connectivity index (χ0n) is 31.5. The van der Waals surface area contributed by atoms with Gasteiger partial charge < -0.3 is 9.40 Å². The molecule has 0 spiro atoms. The van der Waals surface area contributed by atoms with Crippen molar-refractivity contribution in [3.05, 3.63) is 174 Å². The van der Waals surface area contributed by atoms with Crippen molar-refractivity contribution >= 4 is 49.3 Å². The first-order valence-electron chi connectivity index (χ1n) is 20.9. The highest BCUT2D eigenvalue weighted by Gasteiger charge is 2.49. The fourth-order valence-corrected chi connectivity index (χ4v) is 12.1. The molecule has 0 aliphatic heterocycles. The van der Waals surface area contributed by atoms with Crippen molar-refractivity contribution in [2.24, 2.45) is 46.8 Å². The van der Waals surface area contributed by atoms with E-state index < -0.39 is 0 Å². The average molecular weight is 714 g/mol. The molecular weight excluding hydrogens is 667 g/mol. The fraction of sp³-hybridized carbons (Fsp3) is 0.283. The van der Waals surface area contributed by atoms with Gasteiger partial charge in [0, 0.05) is 44.3 Å². The maximum atomic E-state index is 6.64. The average Bonchev–Trinajstić information content (AvgIpc) is 3.80. The van der Waals surface area contributed by atoms with Crippen LogP contribution in [0.3, 0.4) is 0 Å². The van der Waals surface area contributed by atoms with E-state index in [0.717, 1.165) is 28.6 Å². The highest BCUT2D eigenvalue weighted by atomic mass is 16.3. The standard InChI is InChI=1S/C53H47NO/c1-53-26-9-8-12-38(53)29-37(25-27-53)50-41-15-5-4-14-40(41)49(36-18-17-32-10-2-3-11-33(32)28-36)42-21-19-34(31-46(42)50)35-20-24-48-45(30-35)44-23-22-43-39-13-6-7-16-47(39)54-51(43)52(44)55-48/h2-3,6-13,16-27,30-31,33,37-38,42,46,49-50,54H,4-5,14-15,28-29H2,1H3. The molecule has 0 saturated carbocycles. The summed E-state index contributed by atoms with van der Waals surface area (Å²) in [6.07, 6.45) is 44.2. The number of furan rings is 1. The van der Waals surface area contributed by atoms with E-state index >= 15 is 0 Å². The number of fused-ring (bicyclic) bond motifs is 10. The maximum Gasteiger partial charge on any atom is 0.159 e. The number of H-pyrrole nitrogens is 1. The van der Waals surface area contributed by atoms with Crippen molar-refractivity contribution in [1.82, 2.24) is 4.98 Å². The molecule has 0 amide bonds. The van der Waals surface area contributed by atoms with E-state index in [1.807, 2.05) is 5.57 Å². The first-order chi connectivity index (χ1) is 27.1. The molecule has 12 rings (SSSR count). The molecule has 8 atom stereocenters. The Labute approximate surface area is 323 Å². The lowest BCUT2D eigenvalue weighted by Crippen LogP contribution is -2.43. The van der Waals surface area contributed by atoms with Crippen LogP contribution in [0.4, 0.5) is 0 Å². The minimum absolute atomic E-state index is 0.124. The molecule has 0 bridgehead atoms. The SMILES string of the molecule is CC12C=CC=CC1CC(C1C3=C(CCCC3)C(C3=CC=C4C=CC=CC4C3)C3C=CC(c4ccc5oc6c(ccc7c8ccccc8[nH]c76)c5c4)=CC31)C=C2. The second kappa shape index (κ2) is 12.1. The van der Waals surface area contributed by atoms with Crippen LogP contribution < -0.4 is 0 Å². The van der Waals surface area contributed by atoms with Crippen LogP contribution in [0, 0.1) is 46.8 Å². The van der Waals surface area contributed by atoms with Crippen molar-refractivity contribution in [3.8, 4) is 0 Å². The number of hydrogen-bond acceptors (Lipinski definition) is 1. The first kappa shape index (κ1) is 32.0. The largest absolute Gasteiger partial charge is 0.454 e. The van der Waals surface area contributed by atoms with E-state index in [-0.39, 0.29) is 5.41 Å². The lowest BCUT2D eigenvalue weighted by atomic mass is 9.52. The van der Waals surface area contributed by atoms with Crippen LogP contribution in [0.1, 0.15) is 51.0 Å². The van der Waals surface area contributed by atoms with Crippen LogP contribution in [0.5, 0.6) is 0 Å². The molecule has 7 aliphatic rings. The Morgan fingerprint density at radius 2 is 1.64 bits per heavy atom. The summed E-state index contributed by atoms with van der Waals surface area (Å²) >= 11 is 0. The Hall–Kier alpha value is -5.34. The van der Waals surface area contributed by atoms with E-state index in [4.69, 9.17) is 4.42 Å². The molecule has 3 aromatic carbocycles. The van der Waals surface area contributed by atoms with Crippen molar-refractivity contribution in [2.75, 3.05) is 0 Å². The summed E-state index contributed by atoms with van der Waals surface area (Å²) < 4.78 is 6.64. The van der Waals surface area contributed by atoms with Gasteiger partial charge in [-0.1, -0.05) is 145 Å². The van der Waals surface area contributed by atoms with Crippen molar-refractivity contribution in [2.45, 2.75) is 45.4 Å². The van der Waals surface area contributed by atoms with E-state index in [9.17, 15) is 0 Å². The van der Waals surface area contributed by atoms with Gasteiger partial charge in [-0.15, -0.1) is 0 Å². The number of nitrogens with one attached hydrogen (secondary N) is 1. The van der Waals surface area contributed by atoms with Crippen LogP contribution in [0.15, 0.2) is 172 Å². The lowest BCUT2D eigenvalue weighted by Gasteiger charge is -2.52. The predicted octanol–water partition coefficient (Wildman–Crippen LogP) is 13.8. The quantitative estimate of drug-likeness (QED) is 0.185. The van der Waals surface area contributed by atoms with Gasteiger partial charge in [0.2, 0.25) is 0 Å². The summed E-state index contributed by atoms with van der Waals surface area (Å²) in [4.78, 5) is 3.67. The molecule has 2 aromatic heterocycles. The minimum atomic E-state index is 0.124. The summed E-state index contributed by atoms with van der Waals surface area (Å²) in [7, 11) is 0. The van der Waals surface area contributed by atoms with Crippen LogP contribution in [-0.2, 0) is 0 Å². The number of rotatable bonds is 3. The highest BCUT2D eigenvalue weighted by molar-refractivity contribution is 6.20. The lowest BCUT2D eigenvalue weighted by molar-refractivity contribution is 0.179. The summed E-state index contributed by atoms with van der Waals surface area (Å²) in [6, 6.07) is 20.0. The third-order valence-corrected chi connectivity index (χ3v) is 14.8. The molecule has 2 nitrogen and oxygen atoms in total. The monoisotopic (exact) mass is 713 g/mol. The number of para-hydroxylation sites is 1. The smallest absolute Gasteiger partial charge is 0.159 e. The van der Waals surface area contributed by atoms with Gasteiger partial charge in [-0.25, -0.2) is 0 Å². The van der Waals surface area contributed by atoms with Crippen molar-refractivity contribution in [1.29, 1.82) is 0 Å². The molecule has 55 heavy (non-hydrogen) atoms. The normalized spacial score (nSPS) is 32.1. The summed E-state index contributed by atoms with van der Waals surface area (Å²) in [5, 5.41) is 4.82. The van der Waals surface area contributed by atoms with Crippen LogP contribution >= 0.6 is 0 Å². The summed E-state index contributed by atoms with van der Waals surface area (Å²) in [5.41, 5.74) is 13.6. The molecule has 0 radical (unpaired) electrons. The maximum absolute atomic E-state index is 6.64. The molecule has 270 valence electrons. The van der Waals surface area contributed by atoms with Crippen LogP contribution in [0.2, 0.25) is 0 Å². The molecule has 5 aromatic rings. The number of allylic oxidation sites excluding steroid dienone is 20. The van der Waals surface area contributed by atoms with E-state index in [0.29, 0.717) is 41.4 Å². The van der Waals surface area contributed by atoms with Crippen LogP contribution in [-0.4, -0.2) is 4.98 Å². The molecule has 0 saturated heterocycles. The van der Waals surface area contributed by atoms with Gasteiger partial charge >= 0.3 is 0 Å². The molecular formula is C53H47NO. The molecule has 2 heteroatoms. The highest BCUT2D eigenvalue weighted by Crippen LogP contribution is 2.59. The van der Waals surface area contributed by atoms with Gasteiger partial charge in [-0.3, -0.25) is 0 Å². The molecule has 8 unspecified atom stereocenters. The Balaban J connectivity index is 0.995. The van der Waals surface area contributed by atoms with Gasteiger partial charge in [0.1, 0.15) is 5.58 Å². The number of benzene rings is 3. The number of aromatic nitrogens is 1. The Morgan fingerprint density at radius 3 is 2.60 bits per heavy atom. The molecule has 7 aliphatic carbocycles. The van der Waals surface area contributed by atoms with Gasteiger partial charge in [0.05, 0.1) is 5.52 Å². The number of aromatic amines is 1. The topological polar surface area (TPSA) is 28.9 Å². The van der Waals surface area contributed by atoms with Crippen molar-refractivity contribution < 1.29 is 4.42 Å². The zero-order valence-corrected chi connectivity index (χ0v) is 31.5. The van der Waals surface area contributed by atoms with E-state index in [1.165, 1.54) is 70.4 Å².